The van der Waals surface area contributed by atoms with Crippen LogP contribution < -0.4 is 5.32 Å². The maximum Gasteiger partial charge on any atom is 0.261 e. The van der Waals surface area contributed by atoms with Gasteiger partial charge in [0.25, 0.3) is 9.05 Å². The average molecular weight is 330 g/mol. The molecule has 0 saturated heterocycles. The largest absolute Gasteiger partial charge is 0.356 e. The van der Waals surface area contributed by atoms with Crippen molar-refractivity contribution in [3.63, 3.8) is 0 Å². The summed E-state index contributed by atoms with van der Waals surface area (Å²) < 4.78 is 22.2. The zero-order chi connectivity index (χ0) is 15.3. The molecule has 1 N–H and O–H groups in total. The molecule has 0 bridgehead atoms. The van der Waals surface area contributed by atoms with Crippen LogP contribution in [0.5, 0.6) is 0 Å². The summed E-state index contributed by atoms with van der Waals surface area (Å²) in [7, 11) is 1.57. The number of carbonyl (C=O) groups excluding carboxylic acids is 1. The molecule has 1 aliphatic rings. The van der Waals surface area contributed by atoms with E-state index in [1.807, 2.05) is 0 Å². The van der Waals surface area contributed by atoms with E-state index in [2.05, 4.69) is 5.32 Å². The molecular formula is C15H20ClNO3S. The van der Waals surface area contributed by atoms with Gasteiger partial charge in [0, 0.05) is 23.6 Å². The van der Waals surface area contributed by atoms with Gasteiger partial charge in [-0.15, -0.1) is 0 Å². The summed E-state index contributed by atoms with van der Waals surface area (Å²) in [4.78, 5) is 11.8. The molecule has 4 nitrogen and oxygen atoms in total. The van der Waals surface area contributed by atoms with E-state index in [1.165, 1.54) is 31.4 Å². The molecule has 0 spiro atoms. The maximum atomic E-state index is 11.7. The molecule has 1 amide bonds. The number of nitrogens with one attached hydrogen (secondary N) is 1. The standard InChI is InChI=1S/C15H20ClNO3S/c16-21(19,20)14-8-5-13(6-9-14)7-10-15(18)17-11-1-2-12-3-4-12/h5-6,8-9,12H,1-4,7,10-11H2,(H,17,18). The Morgan fingerprint density at radius 2 is 1.90 bits per heavy atom. The number of halogens is 1. The first-order chi connectivity index (χ1) is 9.95. The molecule has 0 heterocycles. The normalized spacial score (nSPS) is 14.9. The van der Waals surface area contributed by atoms with Crippen LogP contribution in [-0.4, -0.2) is 20.9 Å². The van der Waals surface area contributed by atoms with Gasteiger partial charge in [-0.3, -0.25) is 4.79 Å². The Kier molecular flexibility index (Phi) is 5.65. The van der Waals surface area contributed by atoms with Gasteiger partial charge in [-0.05, 0) is 42.9 Å². The van der Waals surface area contributed by atoms with Crippen molar-refractivity contribution in [2.45, 2.75) is 43.4 Å². The molecule has 1 aliphatic carbocycles. The highest BCUT2D eigenvalue weighted by molar-refractivity contribution is 8.13. The van der Waals surface area contributed by atoms with Crippen LogP contribution in [0.25, 0.3) is 0 Å². The molecule has 116 valence electrons. The van der Waals surface area contributed by atoms with Crippen molar-refractivity contribution in [3.05, 3.63) is 29.8 Å². The van der Waals surface area contributed by atoms with Gasteiger partial charge in [-0.25, -0.2) is 8.42 Å². The van der Waals surface area contributed by atoms with Crippen LogP contribution in [0, 0.1) is 5.92 Å². The Hall–Kier alpha value is -1.07. The lowest BCUT2D eigenvalue weighted by molar-refractivity contribution is -0.121. The predicted molar refractivity (Wildman–Crippen MR) is 82.8 cm³/mol. The number of hydrogen-bond acceptors (Lipinski definition) is 3. The summed E-state index contributed by atoms with van der Waals surface area (Å²) >= 11 is 0. The molecule has 0 atom stereocenters. The van der Waals surface area contributed by atoms with E-state index in [-0.39, 0.29) is 10.8 Å². The smallest absolute Gasteiger partial charge is 0.261 e. The lowest BCUT2D eigenvalue weighted by Crippen LogP contribution is -2.24. The number of carbonyl (C=O) groups is 1. The van der Waals surface area contributed by atoms with Crippen LogP contribution in [0.1, 0.15) is 37.7 Å². The molecule has 1 aromatic carbocycles. The van der Waals surface area contributed by atoms with Crippen molar-refractivity contribution in [1.82, 2.24) is 5.32 Å². The highest BCUT2D eigenvalue weighted by atomic mass is 35.7. The van der Waals surface area contributed by atoms with E-state index >= 15 is 0 Å². The molecule has 21 heavy (non-hydrogen) atoms. The van der Waals surface area contributed by atoms with Gasteiger partial charge in [0.05, 0.1) is 4.90 Å². The van der Waals surface area contributed by atoms with Gasteiger partial charge in [0.2, 0.25) is 5.91 Å². The summed E-state index contributed by atoms with van der Waals surface area (Å²) in [5.41, 5.74) is 0.923. The third-order valence-corrected chi connectivity index (χ3v) is 5.02. The molecule has 2 rings (SSSR count). The van der Waals surface area contributed by atoms with Gasteiger partial charge >= 0.3 is 0 Å². The molecule has 1 fully saturated rings. The van der Waals surface area contributed by atoms with Crippen molar-refractivity contribution in [2.75, 3.05) is 6.54 Å². The highest BCUT2D eigenvalue weighted by Crippen LogP contribution is 2.33. The van der Waals surface area contributed by atoms with Crippen molar-refractivity contribution in [3.8, 4) is 0 Å². The Labute approximate surface area is 130 Å². The average Bonchev–Trinajstić information content (AvgIpc) is 3.25. The first-order valence-electron chi connectivity index (χ1n) is 7.25. The second kappa shape index (κ2) is 7.27. The van der Waals surface area contributed by atoms with E-state index < -0.39 is 9.05 Å². The van der Waals surface area contributed by atoms with Gasteiger partial charge < -0.3 is 5.32 Å². The Bertz CT molecular complexity index is 579. The predicted octanol–water partition coefficient (Wildman–Crippen LogP) is 2.85. The van der Waals surface area contributed by atoms with E-state index in [0.29, 0.717) is 12.8 Å². The lowest BCUT2D eigenvalue weighted by atomic mass is 10.1. The maximum absolute atomic E-state index is 11.7. The minimum atomic E-state index is -3.67. The first kappa shape index (κ1) is 16.3. The van der Waals surface area contributed by atoms with Gasteiger partial charge in [-0.2, -0.15) is 0 Å². The van der Waals surface area contributed by atoms with Crippen molar-refractivity contribution < 1.29 is 13.2 Å². The number of rotatable bonds is 8. The Morgan fingerprint density at radius 3 is 2.48 bits per heavy atom. The first-order valence-corrected chi connectivity index (χ1v) is 9.56. The van der Waals surface area contributed by atoms with Crippen molar-refractivity contribution >= 4 is 25.6 Å². The van der Waals surface area contributed by atoms with Crippen molar-refractivity contribution in [2.24, 2.45) is 5.92 Å². The molecule has 0 unspecified atom stereocenters. The van der Waals surface area contributed by atoms with Crippen LogP contribution in [-0.2, 0) is 20.3 Å². The SMILES string of the molecule is O=C(CCc1ccc(S(=O)(=O)Cl)cc1)NCCCC1CC1. The Balaban J connectivity index is 1.68. The molecule has 1 saturated carbocycles. The summed E-state index contributed by atoms with van der Waals surface area (Å²) in [6, 6.07) is 6.31. The summed E-state index contributed by atoms with van der Waals surface area (Å²) in [5, 5.41) is 2.92. The minimum absolute atomic E-state index is 0.0415. The van der Waals surface area contributed by atoms with Crippen LogP contribution >= 0.6 is 10.7 Å². The third-order valence-electron chi connectivity index (χ3n) is 3.65. The Morgan fingerprint density at radius 1 is 1.24 bits per heavy atom. The fourth-order valence-corrected chi connectivity index (χ4v) is 2.96. The molecule has 1 aromatic rings. The number of benzene rings is 1. The second-order valence-electron chi connectivity index (χ2n) is 5.52. The van der Waals surface area contributed by atoms with E-state index in [9.17, 15) is 13.2 Å². The molecule has 0 radical (unpaired) electrons. The summed E-state index contributed by atoms with van der Waals surface area (Å²) in [5.74, 6) is 0.943. The zero-order valence-corrected chi connectivity index (χ0v) is 13.4. The summed E-state index contributed by atoms with van der Waals surface area (Å²) in [6.45, 7) is 0.749. The molecule has 6 heteroatoms. The monoisotopic (exact) mass is 329 g/mol. The summed E-state index contributed by atoms with van der Waals surface area (Å²) in [6.07, 6.45) is 5.98. The van der Waals surface area contributed by atoms with Gasteiger partial charge in [-0.1, -0.05) is 25.0 Å². The van der Waals surface area contributed by atoms with Crippen LogP contribution in [0.15, 0.2) is 29.2 Å². The van der Waals surface area contributed by atoms with Crippen LogP contribution in [0.2, 0.25) is 0 Å². The fraction of sp³-hybridized carbons (Fsp3) is 0.533. The molecule has 0 aromatic heterocycles. The number of aryl methyl sites for hydroxylation is 1. The van der Waals surface area contributed by atoms with Gasteiger partial charge in [0.1, 0.15) is 0 Å². The number of amides is 1. The molecule has 0 aliphatic heterocycles. The van der Waals surface area contributed by atoms with E-state index in [1.54, 1.807) is 12.1 Å². The topological polar surface area (TPSA) is 63.2 Å². The van der Waals surface area contributed by atoms with E-state index in [0.717, 1.165) is 24.4 Å². The van der Waals surface area contributed by atoms with Gasteiger partial charge in [0.15, 0.2) is 0 Å². The second-order valence-corrected chi connectivity index (χ2v) is 8.08. The van der Waals surface area contributed by atoms with Crippen LogP contribution in [0.4, 0.5) is 0 Å². The van der Waals surface area contributed by atoms with E-state index in [4.69, 9.17) is 10.7 Å². The number of hydrogen-bond donors (Lipinski definition) is 1. The fourth-order valence-electron chi connectivity index (χ4n) is 2.19. The quantitative estimate of drug-likeness (QED) is 0.589. The minimum Gasteiger partial charge on any atom is -0.356 e. The zero-order valence-electron chi connectivity index (χ0n) is 11.8. The third kappa shape index (κ3) is 6.06. The van der Waals surface area contributed by atoms with Crippen LogP contribution in [0.3, 0.4) is 0 Å². The van der Waals surface area contributed by atoms with Crippen molar-refractivity contribution in [1.29, 1.82) is 0 Å². The molecular weight excluding hydrogens is 310 g/mol. The highest BCUT2D eigenvalue weighted by Gasteiger charge is 2.20. The lowest BCUT2D eigenvalue weighted by Gasteiger charge is -2.05.